The van der Waals surface area contributed by atoms with Crippen LogP contribution in [0.4, 0.5) is 0 Å². The number of hydrogen-bond donors (Lipinski definition) is 3. The summed E-state index contributed by atoms with van der Waals surface area (Å²) in [5, 5.41) is 2.59. The normalized spacial score (nSPS) is 11.4. The Morgan fingerprint density at radius 3 is 1.36 bits per heavy atom. The first-order valence-corrected chi connectivity index (χ1v) is 11.9. The van der Waals surface area contributed by atoms with Crippen molar-refractivity contribution in [1.29, 1.82) is 0 Å². The van der Waals surface area contributed by atoms with Gasteiger partial charge in [0.25, 0.3) is 20.2 Å². The zero-order valence-electron chi connectivity index (χ0n) is 17.0. The number of hydrogen-bond acceptors (Lipinski definition) is 5. The largest absolute Gasteiger partial charge is 1.00 e. The fourth-order valence-corrected chi connectivity index (χ4v) is 3.03. The van der Waals surface area contributed by atoms with Crippen LogP contribution in [0, 0.1) is 0 Å². The summed E-state index contributed by atoms with van der Waals surface area (Å²) in [6.45, 7) is 2.51. The molecule has 0 heterocycles. The van der Waals surface area contributed by atoms with E-state index in [-0.39, 0.29) is 42.5 Å². The van der Waals surface area contributed by atoms with E-state index in [4.69, 9.17) is 9.11 Å². The van der Waals surface area contributed by atoms with E-state index in [0.717, 1.165) is 12.8 Å². The molecule has 7 nitrogen and oxygen atoms in total. The molecule has 0 bridgehead atoms. The van der Waals surface area contributed by atoms with Crippen molar-refractivity contribution in [2.75, 3.05) is 25.1 Å². The molecule has 0 amide bonds. The Morgan fingerprint density at radius 1 is 0.720 bits per heavy atom. The van der Waals surface area contributed by atoms with Gasteiger partial charge in [-0.05, 0) is 13.5 Å². The molecule has 0 saturated heterocycles. The Labute approximate surface area is 178 Å². The second kappa shape index (κ2) is 19.5. The Hall–Kier alpha value is 0.780. The molecule has 0 aromatic rings. The summed E-state index contributed by atoms with van der Waals surface area (Å²) in [6, 6.07) is 0. The van der Waals surface area contributed by atoms with Crippen molar-refractivity contribution in [2.24, 2.45) is 0 Å². The molecule has 150 valence electrons. The molecule has 0 saturated carbocycles. The molecule has 10 heteroatoms. The number of nitrogens with one attached hydrogen (secondary N) is 1. The molecule has 0 fully saturated rings. The first kappa shape index (κ1) is 30.5. The molecule has 0 aliphatic rings. The van der Waals surface area contributed by atoms with Crippen molar-refractivity contribution in [3.8, 4) is 0 Å². The van der Waals surface area contributed by atoms with E-state index in [1.807, 2.05) is 0 Å². The van der Waals surface area contributed by atoms with Crippen molar-refractivity contribution in [2.45, 2.75) is 71.1 Å². The fraction of sp³-hybridized carbons (Fsp3) is 1.00. The average molecular weight is 414 g/mol. The van der Waals surface area contributed by atoms with Gasteiger partial charge in [0.2, 0.25) is 0 Å². The van der Waals surface area contributed by atoms with Gasteiger partial charge in [-0.1, -0.05) is 64.7 Å². The molecule has 0 spiro atoms. The van der Waals surface area contributed by atoms with E-state index in [1.165, 1.54) is 44.9 Å². The van der Waals surface area contributed by atoms with Gasteiger partial charge in [-0.15, -0.1) is 0 Å². The summed E-state index contributed by atoms with van der Waals surface area (Å²) in [6.07, 6.45) is 11.7. The minimum Gasteiger partial charge on any atom is -1.00 e. The summed E-state index contributed by atoms with van der Waals surface area (Å²) in [5.74, 6) is -0.299. The summed E-state index contributed by atoms with van der Waals surface area (Å²) in [5.41, 5.74) is 0. The summed E-state index contributed by atoms with van der Waals surface area (Å²) in [7, 11) is -5.86. The van der Waals surface area contributed by atoms with Gasteiger partial charge in [-0.3, -0.25) is 9.11 Å². The van der Waals surface area contributed by atoms with E-state index in [0.29, 0.717) is 13.0 Å². The van der Waals surface area contributed by atoms with Crippen LogP contribution in [0.1, 0.15) is 72.6 Å². The van der Waals surface area contributed by atoms with E-state index < -0.39 is 20.2 Å². The SMILES string of the molecule is CCCCCCCCCCCCS(=O)(=O)O.CNCCS(=O)(=O)O.[H-].[Na+]. The topological polar surface area (TPSA) is 121 Å². The van der Waals surface area contributed by atoms with E-state index >= 15 is 0 Å². The quantitative estimate of drug-likeness (QED) is 0.208. The van der Waals surface area contributed by atoms with Gasteiger partial charge in [0.05, 0.1) is 11.5 Å². The fourth-order valence-electron chi connectivity index (χ4n) is 2.00. The smallest absolute Gasteiger partial charge is 1.00 e. The van der Waals surface area contributed by atoms with Gasteiger partial charge in [0.15, 0.2) is 0 Å². The van der Waals surface area contributed by atoms with E-state index in [1.54, 1.807) is 7.05 Å². The molecule has 0 unspecified atom stereocenters. The molecule has 0 aliphatic heterocycles. The average Bonchev–Trinajstić information content (AvgIpc) is 2.46. The second-order valence-corrected chi connectivity index (χ2v) is 9.00. The van der Waals surface area contributed by atoms with Crippen LogP contribution in [0.15, 0.2) is 0 Å². The minimum absolute atomic E-state index is 0. The monoisotopic (exact) mass is 413 g/mol. The van der Waals surface area contributed by atoms with Crippen LogP contribution in [0.2, 0.25) is 0 Å². The van der Waals surface area contributed by atoms with Gasteiger partial charge >= 0.3 is 29.6 Å². The molecule has 0 aliphatic carbocycles. The maximum atomic E-state index is 10.4. The van der Waals surface area contributed by atoms with Crippen LogP contribution in [-0.2, 0) is 20.2 Å². The van der Waals surface area contributed by atoms with Crippen molar-refractivity contribution in [3.63, 3.8) is 0 Å². The van der Waals surface area contributed by atoms with Crippen LogP contribution in [0.3, 0.4) is 0 Å². The van der Waals surface area contributed by atoms with Crippen molar-refractivity contribution in [3.05, 3.63) is 0 Å². The van der Waals surface area contributed by atoms with Gasteiger partial charge in [-0.25, -0.2) is 0 Å². The third-order valence-corrected chi connectivity index (χ3v) is 4.89. The molecule has 25 heavy (non-hydrogen) atoms. The van der Waals surface area contributed by atoms with Gasteiger partial charge < -0.3 is 6.74 Å². The summed E-state index contributed by atoms with van der Waals surface area (Å²) in [4.78, 5) is 0. The molecule has 0 atom stereocenters. The van der Waals surface area contributed by atoms with Crippen LogP contribution in [0.5, 0.6) is 0 Å². The standard InChI is InChI=1S/C12H26O3S.C3H9NO3S.Na.H/c1-2-3-4-5-6-7-8-9-10-11-12-16(13,14)15;1-4-2-3-8(5,6)7;;/h2-12H2,1H3,(H,13,14,15);4H,2-3H2,1H3,(H,5,6,7);;/q;;+1;-1. The molecule has 3 N–H and O–H groups in total. The molecule has 0 aromatic heterocycles. The van der Waals surface area contributed by atoms with Crippen LogP contribution < -0.4 is 34.9 Å². The maximum absolute atomic E-state index is 10.4. The Bertz CT molecular complexity index is 475. The first-order chi connectivity index (χ1) is 11.1. The second-order valence-electron chi connectivity index (χ2n) is 5.86. The number of rotatable bonds is 14. The molecule has 0 radical (unpaired) electrons. The van der Waals surface area contributed by atoms with Gasteiger partial charge in [0, 0.05) is 6.54 Å². The molecular formula is C15H36NNaO6S2. The maximum Gasteiger partial charge on any atom is 1.00 e. The van der Waals surface area contributed by atoms with Crippen molar-refractivity contribution in [1.82, 2.24) is 5.32 Å². The Balaban J connectivity index is -0.000000208. The first-order valence-electron chi connectivity index (χ1n) is 8.67. The third kappa shape index (κ3) is 36.5. The molecule has 0 rings (SSSR count). The van der Waals surface area contributed by atoms with Crippen LogP contribution >= 0.6 is 0 Å². The Kier molecular flexibility index (Phi) is 23.8. The van der Waals surface area contributed by atoms with Crippen molar-refractivity contribution >= 4 is 20.2 Å². The number of unbranched alkanes of at least 4 members (excludes halogenated alkanes) is 9. The Morgan fingerprint density at radius 2 is 1.08 bits per heavy atom. The molecule has 0 aromatic carbocycles. The van der Waals surface area contributed by atoms with Crippen LogP contribution in [0.25, 0.3) is 0 Å². The minimum atomic E-state index is -3.75. The summed E-state index contributed by atoms with van der Waals surface area (Å²) < 4.78 is 57.3. The van der Waals surface area contributed by atoms with E-state index in [9.17, 15) is 16.8 Å². The van der Waals surface area contributed by atoms with Crippen molar-refractivity contribution < 1.29 is 56.9 Å². The van der Waals surface area contributed by atoms with Gasteiger partial charge in [0.1, 0.15) is 0 Å². The summed E-state index contributed by atoms with van der Waals surface area (Å²) >= 11 is 0. The predicted octanol–water partition coefficient (Wildman–Crippen LogP) is 0.00520. The van der Waals surface area contributed by atoms with Gasteiger partial charge in [-0.2, -0.15) is 16.8 Å². The third-order valence-electron chi connectivity index (χ3n) is 3.37. The van der Waals surface area contributed by atoms with E-state index in [2.05, 4.69) is 12.2 Å². The molecular weight excluding hydrogens is 377 g/mol. The zero-order valence-corrected chi connectivity index (χ0v) is 19.7. The predicted molar refractivity (Wildman–Crippen MR) is 99.7 cm³/mol. The van der Waals surface area contributed by atoms with Crippen LogP contribution in [-0.4, -0.2) is 51.0 Å². The zero-order chi connectivity index (χ0) is 18.9.